The smallest absolute Gasteiger partial charge is 0.354 e. The number of carbonyl (C=O) groups is 2. The van der Waals surface area contributed by atoms with Gasteiger partial charge >= 0.3 is 5.97 Å². The summed E-state index contributed by atoms with van der Waals surface area (Å²) in [6, 6.07) is 0. The van der Waals surface area contributed by atoms with E-state index in [1.165, 1.54) is 0 Å². The molecule has 1 aliphatic heterocycles. The molecular weight excluding hydrogens is 248 g/mol. The van der Waals surface area contributed by atoms with E-state index in [2.05, 4.69) is 15.9 Å². The summed E-state index contributed by atoms with van der Waals surface area (Å²) in [6.07, 6.45) is 0. The van der Waals surface area contributed by atoms with Crippen molar-refractivity contribution in [3.05, 3.63) is 10.6 Å². The molecule has 0 saturated carbocycles. The summed E-state index contributed by atoms with van der Waals surface area (Å²) in [5, 5.41) is 11.6. The van der Waals surface area contributed by atoms with Crippen molar-refractivity contribution < 1.29 is 14.7 Å². The first-order chi connectivity index (χ1) is 7.20. The average molecular weight is 262 g/mol. The maximum atomic E-state index is 11.8. The van der Waals surface area contributed by atoms with Crippen molar-refractivity contribution in [2.75, 3.05) is 0 Å². The zero-order chi connectivity index (χ0) is 12.5. The third-order valence-corrected chi connectivity index (χ3v) is 4.08. The van der Waals surface area contributed by atoms with Crippen LogP contribution in [0.2, 0.25) is 0 Å². The highest BCUT2D eigenvalue weighted by Crippen LogP contribution is 2.41. The molecule has 0 spiro atoms. The molecule has 1 rings (SSSR count). The van der Waals surface area contributed by atoms with E-state index in [0.29, 0.717) is 0 Å². The fraction of sp³-hybridized carbons (Fsp3) is 0.444. The van der Waals surface area contributed by atoms with Crippen LogP contribution in [-0.2, 0) is 9.59 Å². The Labute approximate surface area is 100 Å². The number of aliphatic carboxylic acids is 1. The number of carboxylic acids is 1. The van der Waals surface area contributed by atoms with Crippen molar-refractivity contribution in [3.8, 4) is 0 Å². The Kier molecular flexibility index (Phi) is 3.69. The van der Waals surface area contributed by atoms with Crippen LogP contribution >= 0.6 is 20.5 Å². The van der Waals surface area contributed by atoms with Gasteiger partial charge in [-0.3, -0.25) is 4.79 Å². The lowest BCUT2D eigenvalue weighted by molar-refractivity contribution is -0.133. The topological polar surface area (TPSA) is 78.4 Å². The molecule has 1 aliphatic rings. The fourth-order valence-electron chi connectivity index (χ4n) is 1.01. The molecule has 90 valence electrons. The monoisotopic (exact) mass is 262 g/mol. The largest absolute Gasteiger partial charge is 0.477 e. The lowest BCUT2D eigenvalue weighted by atomic mass is 10.1. The third kappa shape index (κ3) is 3.28. The van der Waals surface area contributed by atoms with E-state index < -0.39 is 21.2 Å². The van der Waals surface area contributed by atoms with Crippen LogP contribution in [-0.4, -0.2) is 28.4 Å². The Bertz CT molecular complexity index is 396. The van der Waals surface area contributed by atoms with Gasteiger partial charge in [0.05, 0.1) is 0 Å². The second kappa shape index (κ2) is 4.50. The summed E-state index contributed by atoms with van der Waals surface area (Å²) >= 11 is 0. The first-order valence-corrected chi connectivity index (χ1v) is 7.22. The Balaban J connectivity index is 2.93. The maximum Gasteiger partial charge on any atom is 0.354 e. The number of carbonyl (C=O) groups excluding carboxylic acids is 1. The highest BCUT2D eigenvalue weighted by molar-refractivity contribution is 8.84. The van der Waals surface area contributed by atoms with Gasteiger partial charge in [-0.05, 0) is 47.1 Å². The van der Waals surface area contributed by atoms with E-state index in [0.717, 1.165) is 10.8 Å². The van der Waals surface area contributed by atoms with Crippen LogP contribution in [0.25, 0.3) is 0 Å². The predicted octanol–water partition coefficient (Wildman–Crippen LogP) is 1.06. The van der Waals surface area contributed by atoms with Gasteiger partial charge in [-0.15, -0.1) is 0 Å². The Morgan fingerprint density at radius 2 is 2.06 bits per heavy atom. The summed E-state index contributed by atoms with van der Waals surface area (Å²) in [4.78, 5) is 22.9. The summed E-state index contributed by atoms with van der Waals surface area (Å²) in [6.45, 7) is 5.51. The molecule has 0 aliphatic carbocycles. The van der Waals surface area contributed by atoms with E-state index in [4.69, 9.17) is 5.11 Å². The number of hydrogen-bond donors (Lipinski definition) is 3. The summed E-state index contributed by atoms with van der Waals surface area (Å²) in [7, 11) is 0.541. The average Bonchev–Trinajstić information content (AvgIpc) is 2.44. The summed E-state index contributed by atoms with van der Waals surface area (Å²) in [5.74, 6) is 2.19. The standard InChI is InChI=1S/C9H14N2O3S2/c1-9(2,3)10-7(12)6-5(8(13)14)11-16(4)15-6/h11H,4H2,1-3H3,(H,10,12)(H,13,14). The first-order valence-electron chi connectivity index (χ1n) is 4.50. The van der Waals surface area contributed by atoms with Crippen molar-refractivity contribution in [2.45, 2.75) is 26.3 Å². The molecule has 0 aromatic carbocycles. The third-order valence-electron chi connectivity index (χ3n) is 1.54. The van der Waals surface area contributed by atoms with Crippen LogP contribution in [0.4, 0.5) is 0 Å². The normalized spacial score (nSPS) is 20.6. The second-order valence-corrected chi connectivity index (χ2v) is 7.42. The lowest BCUT2D eigenvalue weighted by Crippen LogP contribution is -2.41. The van der Waals surface area contributed by atoms with Crippen molar-refractivity contribution >= 4 is 38.2 Å². The van der Waals surface area contributed by atoms with Gasteiger partial charge in [-0.1, -0.05) is 0 Å². The minimum Gasteiger partial charge on any atom is -0.477 e. The number of hydrogen-bond acceptors (Lipinski definition) is 4. The molecular formula is C9H14N2O3S2. The summed E-state index contributed by atoms with van der Waals surface area (Å²) in [5.41, 5.74) is -0.457. The van der Waals surface area contributed by atoms with Crippen LogP contribution in [0.3, 0.4) is 0 Å². The van der Waals surface area contributed by atoms with Crippen LogP contribution in [0.15, 0.2) is 10.6 Å². The van der Waals surface area contributed by atoms with Crippen LogP contribution in [0.1, 0.15) is 20.8 Å². The van der Waals surface area contributed by atoms with Gasteiger partial charge in [0.2, 0.25) is 0 Å². The number of carboxylic acid groups (broad SMARTS) is 1. The Hall–Kier alpha value is -0.950. The van der Waals surface area contributed by atoms with E-state index in [1.54, 1.807) is 0 Å². The van der Waals surface area contributed by atoms with Gasteiger partial charge in [0.25, 0.3) is 5.91 Å². The van der Waals surface area contributed by atoms with Crippen molar-refractivity contribution in [3.63, 3.8) is 0 Å². The van der Waals surface area contributed by atoms with Crippen LogP contribution in [0, 0.1) is 0 Å². The number of rotatable bonds is 2. The number of nitrogens with one attached hydrogen (secondary N) is 2. The molecule has 0 fully saturated rings. The molecule has 0 aromatic heterocycles. The zero-order valence-electron chi connectivity index (χ0n) is 9.29. The molecule has 0 aromatic rings. The van der Waals surface area contributed by atoms with E-state index >= 15 is 0 Å². The molecule has 0 saturated heterocycles. The van der Waals surface area contributed by atoms with Crippen molar-refractivity contribution in [1.82, 2.24) is 10.0 Å². The second-order valence-electron chi connectivity index (χ2n) is 4.24. The van der Waals surface area contributed by atoms with Gasteiger partial charge in [0.1, 0.15) is 4.91 Å². The molecule has 1 heterocycles. The summed E-state index contributed by atoms with van der Waals surface area (Å²) < 4.78 is 2.67. The minimum atomic E-state index is -1.13. The zero-order valence-corrected chi connectivity index (χ0v) is 10.9. The van der Waals surface area contributed by atoms with Gasteiger partial charge in [-0.2, -0.15) is 0 Å². The highest BCUT2D eigenvalue weighted by Gasteiger charge is 2.30. The number of amides is 1. The van der Waals surface area contributed by atoms with E-state index in [1.807, 2.05) is 20.8 Å². The quantitative estimate of drug-likeness (QED) is 0.512. The molecule has 7 heteroatoms. The SMILES string of the molecule is C=S1NC(C(=O)O)=C(C(=O)NC(C)(C)C)S1. The highest BCUT2D eigenvalue weighted by atomic mass is 33.1. The van der Waals surface area contributed by atoms with E-state index in [9.17, 15) is 9.59 Å². The molecule has 1 atom stereocenters. The maximum absolute atomic E-state index is 11.8. The first kappa shape index (κ1) is 13.1. The molecule has 3 N–H and O–H groups in total. The van der Waals surface area contributed by atoms with Gasteiger partial charge in [-0.25, -0.2) is 4.79 Å². The van der Waals surface area contributed by atoms with Gasteiger partial charge < -0.3 is 15.1 Å². The minimum absolute atomic E-state index is 0.0647. The predicted molar refractivity (Wildman–Crippen MR) is 68.0 cm³/mol. The lowest BCUT2D eigenvalue weighted by Gasteiger charge is -2.20. The fourth-order valence-corrected chi connectivity index (χ4v) is 3.54. The molecule has 16 heavy (non-hydrogen) atoms. The molecule has 0 bridgehead atoms. The van der Waals surface area contributed by atoms with Crippen molar-refractivity contribution in [2.24, 2.45) is 0 Å². The van der Waals surface area contributed by atoms with Crippen LogP contribution < -0.4 is 10.0 Å². The Morgan fingerprint density at radius 3 is 2.50 bits per heavy atom. The molecule has 5 nitrogen and oxygen atoms in total. The molecule has 1 amide bonds. The molecule has 1 unspecified atom stereocenters. The van der Waals surface area contributed by atoms with Crippen molar-refractivity contribution in [1.29, 1.82) is 0 Å². The van der Waals surface area contributed by atoms with Crippen LogP contribution in [0.5, 0.6) is 0 Å². The Morgan fingerprint density at radius 1 is 1.50 bits per heavy atom. The molecule has 0 radical (unpaired) electrons. The van der Waals surface area contributed by atoms with Gasteiger partial charge in [0, 0.05) is 5.54 Å². The van der Waals surface area contributed by atoms with Gasteiger partial charge in [0.15, 0.2) is 5.70 Å². The van der Waals surface area contributed by atoms with E-state index in [-0.39, 0.29) is 16.5 Å².